The molecule has 0 aliphatic rings. The van der Waals surface area contributed by atoms with Gasteiger partial charge in [0.05, 0.1) is 12.4 Å². The summed E-state index contributed by atoms with van der Waals surface area (Å²) >= 11 is 0. The Hall–Kier alpha value is -5.24. The van der Waals surface area contributed by atoms with Gasteiger partial charge in [0.25, 0.3) is 0 Å². The fraction of sp³-hybridized carbons (Fsp3) is 0.222. The van der Waals surface area contributed by atoms with Crippen LogP contribution in [0.15, 0.2) is 119 Å². The normalized spacial score (nSPS) is 11.0. The molecule has 0 aliphatic carbocycles. The van der Waals surface area contributed by atoms with Gasteiger partial charge in [0.1, 0.15) is 24.7 Å². The van der Waals surface area contributed by atoms with Gasteiger partial charge in [-0.2, -0.15) is 10.2 Å². The molecule has 0 saturated heterocycles. The largest absolute Gasteiger partial charge is 0.489 e. The number of carbonyl (C=O) groups excluding carboxylic acids is 2. The number of benzene rings is 4. The Kier molecular flexibility index (Phi) is 13.2. The molecule has 4 aromatic carbocycles. The summed E-state index contributed by atoms with van der Waals surface area (Å²) in [7, 11) is 0. The minimum atomic E-state index is -0.139. The SMILES string of the molecule is O=C(CCCCCCC(=O)NN=Cc1cccc(OCc2ccccc2)c1)NN=Cc1cccc(OCc2ccccc2)c1. The molecule has 226 valence electrons. The Morgan fingerprint density at radius 3 is 1.41 bits per heavy atom. The van der Waals surface area contributed by atoms with Crippen molar-refractivity contribution in [1.29, 1.82) is 0 Å². The Bertz CT molecular complexity index is 1390. The highest BCUT2D eigenvalue weighted by molar-refractivity contribution is 5.83. The number of rotatable bonds is 17. The smallest absolute Gasteiger partial charge is 0.240 e. The summed E-state index contributed by atoms with van der Waals surface area (Å²) in [4.78, 5) is 24.2. The maximum absolute atomic E-state index is 12.1. The molecule has 2 amide bonds. The molecule has 4 rings (SSSR count). The number of hydrogen-bond acceptors (Lipinski definition) is 6. The van der Waals surface area contributed by atoms with Gasteiger partial charge in [0, 0.05) is 12.8 Å². The zero-order valence-electron chi connectivity index (χ0n) is 24.7. The molecule has 0 heterocycles. The van der Waals surface area contributed by atoms with Crippen LogP contribution in [-0.4, -0.2) is 24.2 Å². The van der Waals surface area contributed by atoms with E-state index < -0.39 is 0 Å². The highest BCUT2D eigenvalue weighted by Gasteiger charge is 2.03. The molecule has 8 heteroatoms. The van der Waals surface area contributed by atoms with Crippen LogP contribution in [0.1, 0.15) is 60.8 Å². The summed E-state index contributed by atoms with van der Waals surface area (Å²) in [6.07, 6.45) is 7.12. The quantitative estimate of drug-likeness (QED) is 0.0804. The van der Waals surface area contributed by atoms with Gasteiger partial charge < -0.3 is 9.47 Å². The van der Waals surface area contributed by atoms with Crippen LogP contribution in [0.25, 0.3) is 0 Å². The van der Waals surface area contributed by atoms with Crippen LogP contribution in [0, 0.1) is 0 Å². The van der Waals surface area contributed by atoms with Crippen molar-refractivity contribution in [2.75, 3.05) is 0 Å². The van der Waals surface area contributed by atoms with Crippen LogP contribution in [-0.2, 0) is 22.8 Å². The average molecular weight is 591 g/mol. The second-order valence-corrected chi connectivity index (χ2v) is 10.2. The highest BCUT2D eigenvalue weighted by Crippen LogP contribution is 2.15. The number of amides is 2. The fourth-order valence-corrected chi connectivity index (χ4v) is 4.25. The maximum Gasteiger partial charge on any atom is 0.240 e. The van der Waals surface area contributed by atoms with E-state index in [1.165, 1.54) is 0 Å². The number of hydrogen-bond donors (Lipinski definition) is 2. The van der Waals surface area contributed by atoms with Crippen molar-refractivity contribution in [3.05, 3.63) is 131 Å². The van der Waals surface area contributed by atoms with Gasteiger partial charge in [-0.25, -0.2) is 10.9 Å². The fourth-order valence-electron chi connectivity index (χ4n) is 4.25. The monoisotopic (exact) mass is 590 g/mol. The summed E-state index contributed by atoms with van der Waals surface area (Å²) in [6, 6.07) is 35.0. The van der Waals surface area contributed by atoms with E-state index in [0.29, 0.717) is 26.1 Å². The van der Waals surface area contributed by atoms with Crippen molar-refractivity contribution in [1.82, 2.24) is 10.9 Å². The average Bonchev–Trinajstić information content (AvgIpc) is 3.06. The van der Waals surface area contributed by atoms with Crippen LogP contribution >= 0.6 is 0 Å². The molecule has 0 spiro atoms. The third kappa shape index (κ3) is 12.3. The number of ether oxygens (including phenoxy) is 2. The lowest BCUT2D eigenvalue weighted by atomic mass is 10.1. The lowest BCUT2D eigenvalue weighted by molar-refractivity contribution is -0.122. The Morgan fingerprint density at radius 1 is 0.545 bits per heavy atom. The minimum absolute atomic E-state index is 0.139. The first kappa shape index (κ1) is 31.7. The Balaban J connectivity index is 1.04. The van der Waals surface area contributed by atoms with E-state index in [0.717, 1.165) is 59.4 Å². The second-order valence-electron chi connectivity index (χ2n) is 10.2. The molecule has 0 saturated carbocycles. The van der Waals surface area contributed by atoms with E-state index in [4.69, 9.17) is 9.47 Å². The molecule has 0 bridgehead atoms. The van der Waals surface area contributed by atoms with E-state index in [9.17, 15) is 9.59 Å². The molecule has 0 aliphatic heterocycles. The van der Waals surface area contributed by atoms with Gasteiger partial charge >= 0.3 is 0 Å². The minimum Gasteiger partial charge on any atom is -0.489 e. The topological polar surface area (TPSA) is 101 Å². The van der Waals surface area contributed by atoms with Gasteiger partial charge in [-0.1, -0.05) is 97.8 Å². The van der Waals surface area contributed by atoms with Gasteiger partial charge in [-0.3, -0.25) is 9.59 Å². The van der Waals surface area contributed by atoms with Crippen molar-refractivity contribution in [3.8, 4) is 11.5 Å². The molecule has 2 N–H and O–H groups in total. The van der Waals surface area contributed by atoms with Crippen molar-refractivity contribution in [2.45, 2.75) is 51.7 Å². The summed E-state index contributed by atoms with van der Waals surface area (Å²) in [5, 5.41) is 8.13. The predicted octanol–water partition coefficient (Wildman–Crippen LogP) is 6.79. The van der Waals surface area contributed by atoms with Gasteiger partial charge in [-0.15, -0.1) is 0 Å². The van der Waals surface area contributed by atoms with Crippen LogP contribution in [0.4, 0.5) is 0 Å². The number of nitrogens with one attached hydrogen (secondary N) is 2. The third-order valence-electron chi connectivity index (χ3n) is 6.58. The summed E-state index contributed by atoms with van der Waals surface area (Å²) in [5.74, 6) is 1.19. The van der Waals surface area contributed by atoms with E-state index in [2.05, 4.69) is 21.1 Å². The van der Waals surface area contributed by atoms with Gasteiger partial charge in [-0.05, 0) is 59.4 Å². The van der Waals surface area contributed by atoms with Crippen molar-refractivity contribution >= 4 is 24.2 Å². The zero-order valence-corrected chi connectivity index (χ0v) is 24.7. The molecule has 8 nitrogen and oxygen atoms in total. The summed E-state index contributed by atoms with van der Waals surface area (Å²) in [5.41, 5.74) is 9.00. The number of carbonyl (C=O) groups is 2. The standard InChI is InChI=1S/C36H38N4O4/c41-35(39-37-25-31-17-11-19-33(23-31)43-27-29-13-5-3-6-14-29)21-9-1-2-10-22-36(42)40-38-26-32-18-12-20-34(24-32)44-28-30-15-7-4-8-16-30/h3-8,11-20,23-26H,1-2,9-10,21-22,27-28H2,(H,39,41)(H,40,42). The van der Waals surface area contributed by atoms with Crippen molar-refractivity contribution in [3.63, 3.8) is 0 Å². The first-order valence-corrected chi connectivity index (χ1v) is 14.8. The maximum atomic E-state index is 12.1. The number of nitrogens with zero attached hydrogens (tertiary/aromatic N) is 2. The first-order chi connectivity index (χ1) is 21.6. The molecule has 0 unspecified atom stereocenters. The van der Waals surface area contributed by atoms with Crippen LogP contribution in [0.2, 0.25) is 0 Å². The van der Waals surface area contributed by atoms with Crippen LogP contribution in [0.3, 0.4) is 0 Å². The summed E-state index contributed by atoms with van der Waals surface area (Å²) < 4.78 is 11.7. The highest BCUT2D eigenvalue weighted by atomic mass is 16.5. The molecule has 44 heavy (non-hydrogen) atoms. The first-order valence-electron chi connectivity index (χ1n) is 14.8. The molecule has 4 aromatic rings. The predicted molar refractivity (Wildman–Crippen MR) is 174 cm³/mol. The Labute approximate surface area is 258 Å². The van der Waals surface area contributed by atoms with E-state index in [1.54, 1.807) is 12.4 Å². The van der Waals surface area contributed by atoms with Gasteiger partial charge in [0.2, 0.25) is 11.8 Å². The lowest BCUT2D eigenvalue weighted by Crippen LogP contribution is -2.17. The molecule has 0 fully saturated rings. The number of unbranched alkanes of at least 4 members (excludes halogenated alkanes) is 3. The van der Waals surface area contributed by atoms with E-state index in [-0.39, 0.29) is 11.8 Å². The molecule has 0 aromatic heterocycles. The van der Waals surface area contributed by atoms with Crippen molar-refractivity contribution < 1.29 is 19.1 Å². The van der Waals surface area contributed by atoms with E-state index in [1.807, 2.05) is 109 Å². The zero-order chi connectivity index (χ0) is 30.7. The second kappa shape index (κ2) is 18.3. The Morgan fingerprint density at radius 2 is 0.977 bits per heavy atom. The lowest BCUT2D eigenvalue weighted by Gasteiger charge is -2.07. The molecule has 0 radical (unpaired) electrons. The summed E-state index contributed by atoms with van der Waals surface area (Å²) in [6.45, 7) is 0.969. The number of hydrazone groups is 2. The van der Waals surface area contributed by atoms with E-state index >= 15 is 0 Å². The molecular weight excluding hydrogens is 552 g/mol. The van der Waals surface area contributed by atoms with Gasteiger partial charge in [0.15, 0.2) is 0 Å². The van der Waals surface area contributed by atoms with Crippen LogP contribution in [0.5, 0.6) is 11.5 Å². The van der Waals surface area contributed by atoms with Crippen molar-refractivity contribution in [2.24, 2.45) is 10.2 Å². The molecular formula is C36H38N4O4. The molecule has 0 atom stereocenters. The van der Waals surface area contributed by atoms with Crippen LogP contribution < -0.4 is 20.3 Å². The third-order valence-corrected chi connectivity index (χ3v) is 6.58.